The zero-order valence-electron chi connectivity index (χ0n) is 9.65. The molecule has 0 amide bonds. The lowest BCUT2D eigenvalue weighted by atomic mass is 9.89. The van der Waals surface area contributed by atoms with E-state index in [2.05, 4.69) is 25.1 Å². The van der Waals surface area contributed by atoms with Gasteiger partial charge in [-0.05, 0) is 35.7 Å². The molecule has 84 valence electrons. The highest BCUT2D eigenvalue weighted by atomic mass is 19.1. The van der Waals surface area contributed by atoms with Gasteiger partial charge in [0.1, 0.15) is 5.82 Å². The van der Waals surface area contributed by atoms with Gasteiger partial charge in [-0.3, -0.25) is 0 Å². The smallest absolute Gasteiger partial charge is 0.123 e. The van der Waals surface area contributed by atoms with Gasteiger partial charge < -0.3 is 0 Å². The first kappa shape index (κ1) is 10.3. The predicted octanol–water partition coefficient (Wildman–Crippen LogP) is 4.37. The summed E-state index contributed by atoms with van der Waals surface area (Å²) in [5.74, 6) is 0.119. The van der Waals surface area contributed by atoms with E-state index in [1.807, 2.05) is 24.3 Å². The molecule has 0 saturated carbocycles. The summed E-state index contributed by atoms with van der Waals surface area (Å²) in [7, 11) is 0. The van der Waals surface area contributed by atoms with Crippen molar-refractivity contribution in [2.75, 3.05) is 0 Å². The van der Waals surface area contributed by atoms with Crippen molar-refractivity contribution >= 4 is 6.08 Å². The summed E-state index contributed by atoms with van der Waals surface area (Å²) in [5, 5.41) is 0. The first-order chi connectivity index (χ1) is 8.25. The maximum Gasteiger partial charge on any atom is 0.123 e. The molecule has 0 spiro atoms. The molecule has 0 saturated heterocycles. The molecular formula is C16H13F. The Morgan fingerprint density at radius 1 is 1.00 bits per heavy atom. The van der Waals surface area contributed by atoms with Crippen LogP contribution in [0.25, 0.3) is 6.08 Å². The fourth-order valence-electron chi connectivity index (χ4n) is 2.60. The summed E-state index contributed by atoms with van der Waals surface area (Å²) in [5.41, 5.74) is 4.76. The second-order valence-electron chi connectivity index (χ2n) is 4.51. The Bertz CT molecular complexity index is 582. The van der Waals surface area contributed by atoms with Crippen molar-refractivity contribution in [2.45, 2.75) is 12.8 Å². The lowest BCUT2D eigenvalue weighted by Gasteiger charge is -2.14. The monoisotopic (exact) mass is 224 g/mol. The third-order valence-electron chi connectivity index (χ3n) is 3.33. The summed E-state index contributed by atoms with van der Waals surface area (Å²) >= 11 is 0. The summed E-state index contributed by atoms with van der Waals surface area (Å²) in [6, 6.07) is 15.4. The summed E-state index contributed by atoms with van der Waals surface area (Å²) in [6.07, 6.45) is 2.08. The van der Waals surface area contributed by atoms with Crippen LogP contribution in [-0.4, -0.2) is 0 Å². The number of hydrogen-bond acceptors (Lipinski definition) is 0. The second-order valence-corrected chi connectivity index (χ2v) is 4.51. The van der Waals surface area contributed by atoms with Crippen LogP contribution in [-0.2, 0) is 0 Å². The molecule has 1 aliphatic rings. The highest BCUT2D eigenvalue weighted by molar-refractivity contribution is 5.68. The number of benzene rings is 2. The Balaban J connectivity index is 2.13. The molecule has 17 heavy (non-hydrogen) atoms. The van der Waals surface area contributed by atoms with Crippen LogP contribution in [0.2, 0.25) is 0 Å². The molecule has 0 N–H and O–H groups in total. The van der Waals surface area contributed by atoms with Gasteiger partial charge in [-0.2, -0.15) is 0 Å². The highest BCUT2D eigenvalue weighted by Crippen LogP contribution is 2.40. The number of halogens is 1. The summed E-state index contributed by atoms with van der Waals surface area (Å²) in [4.78, 5) is 0. The van der Waals surface area contributed by atoms with Gasteiger partial charge in [0.25, 0.3) is 0 Å². The largest absolute Gasteiger partial charge is 0.207 e. The first-order valence-corrected chi connectivity index (χ1v) is 5.78. The van der Waals surface area contributed by atoms with Crippen LogP contribution in [0.3, 0.4) is 0 Å². The third kappa shape index (κ3) is 1.68. The molecule has 0 bridgehead atoms. The quantitative estimate of drug-likeness (QED) is 0.674. The van der Waals surface area contributed by atoms with Crippen molar-refractivity contribution in [3.63, 3.8) is 0 Å². The van der Waals surface area contributed by atoms with Crippen LogP contribution in [0.15, 0.2) is 54.1 Å². The normalized spacial score (nSPS) is 17.8. The van der Waals surface area contributed by atoms with Crippen LogP contribution >= 0.6 is 0 Å². The van der Waals surface area contributed by atoms with Gasteiger partial charge in [0.15, 0.2) is 0 Å². The van der Waals surface area contributed by atoms with Crippen molar-refractivity contribution in [2.24, 2.45) is 0 Å². The van der Waals surface area contributed by atoms with E-state index in [1.54, 1.807) is 12.1 Å². The van der Waals surface area contributed by atoms with Gasteiger partial charge >= 0.3 is 0 Å². The minimum absolute atomic E-state index is 0.165. The van der Waals surface area contributed by atoms with Gasteiger partial charge in [0.2, 0.25) is 0 Å². The molecule has 1 aliphatic carbocycles. The maximum absolute atomic E-state index is 13.2. The first-order valence-electron chi connectivity index (χ1n) is 5.78. The molecule has 0 radical (unpaired) electrons. The topological polar surface area (TPSA) is 0 Å². The fraction of sp³-hybridized carbons (Fsp3) is 0.125. The van der Waals surface area contributed by atoms with Gasteiger partial charge in [-0.15, -0.1) is 0 Å². The molecule has 3 rings (SSSR count). The minimum Gasteiger partial charge on any atom is -0.207 e. The van der Waals surface area contributed by atoms with Crippen molar-refractivity contribution < 1.29 is 4.39 Å². The number of rotatable bonds is 1. The van der Waals surface area contributed by atoms with Crippen LogP contribution in [0, 0.1) is 5.82 Å². The van der Waals surface area contributed by atoms with Crippen molar-refractivity contribution in [3.8, 4) is 0 Å². The van der Waals surface area contributed by atoms with E-state index in [1.165, 1.54) is 16.7 Å². The average Bonchev–Trinajstić information content (AvgIpc) is 2.65. The Morgan fingerprint density at radius 2 is 1.76 bits per heavy atom. The zero-order chi connectivity index (χ0) is 11.8. The predicted molar refractivity (Wildman–Crippen MR) is 68.3 cm³/mol. The number of fused-ring (bicyclic) bond motifs is 1. The van der Waals surface area contributed by atoms with Crippen LogP contribution in [0.1, 0.15) is 29.5 Å². The molecule has 0 fully saturated rings. The molecule has 1 atom stereocenters. The molecule has 0 nitrogen and oxygen atoms in total. The summed E-state index contributed by atoms with van der Waals surface area (Å²) in [6.45, 7) is 2.11. The molecule has 1 unspecified atom stereocenters. The van der Waals surface area contributed by atoms with Gasteiger partial charge in [-0.1, -0.05) is 48.0 Å². The maximum atomic E-state index is 13.2. The van der Waals surface area contributed by atoms with E-state index < -0.39 is 0 Å². The fourth-order valence-corrected chi connectivity index (χ4v) is 2.60. The van der Waals surface area contributed by atoms with Crippen molar-refractivity contribution in [1.82, 2.24) is 0 Å². The van der Waals surface area contributed by atoms with Gasteiger partial charge in [0.05, 0.1) is 0 Å². The van der Waals surface area contributed by atoms with E-state index in [-0.39, 0.29) is 11.7 Å². The highest BCUT2D eigenvalue weighted by Gasteiger charge is 2.23. The molecule has 0 heterocycles. The molecule has 2 aromatic rings. The SMILES string of the molecule is CC1=Cc2cc(F)ccc2C1c1ccccc1. The van der Waals surface area contributed by atoms with Crippen molar-refractivity contribution in [1.29, 1.82) is 0 Å². The van der Waals surface area contributed by atoms with Crippen LogP contribution in [0.5, 0.6) is 0 Å². The Kier molecular flexibility index (Phi) is 2.32. The Labute approximate surface area is 100 Å². The number of allylic oxidation sites excluding steroid dienone is 1. The Hall–Kier alpha value is -1.89. The standard InChI is InChI=1S/C16H13F/c1-11-9-13-10-14(17)7-8-15(13)16(11)12-5-3-2-4-6-12/h2-10,16H,1H3. The molecule has 1 heteroatoms. The lowest BCUT2D eigenvalue weighted by molar-refractivity contribution is 0.626. The van der Waals surface area contributed by atoms with Crippen molar-refractivity contribution in [3.05, 3.63) is 76.6 Å². The van der Waals surface area contributed by atoms with Crippen LogP contribution in [0.4, 0.5) is 4.39 Å². The van der Waals surface area contributed by atoms with Crippen LogP contribution < -0.4 is 0 Å². The third-order valence-corrected chi connectivity index (χ3v) is 3.33. The van der Waals surface area contributed by atoms with E-state index in [9.17, 15) is 4.39 Å². The van der Waals surface area contributed by atoms with E-state index in [0.29, 0.717) is 0 Å². The average molecular weight is 224 g/mol. The molecular weight excluding hydrogens is 211 g/mol. The van der Waals surface area contributed by atoms with E-state index >= 15 is 0 Å². The minimum atomic E-state index is -0.165. The lowest BCUT2D eigenvalue weighted by Crippen LogP contribution is -1.99. The molecule has 0 aromatic heterocycles. The zero-order valence-corrected chi connectivity index (χ0v) is 9.65. The van der Waals surface area contributed by atoms with Gasteiger partial charge in [-0.25, -0.2) is 4.39 Å². The van der Waals surface area contributed by atoms with Gasteiger partial charge in [0, 0.05) is 5.92 Å². The second kappa shape index (κ2) is 3.85. The number of hydrogen-bond donors (Lipinski definition) is 0. The Morgan fingerprint density at radius 3 is 2.53 bits per heavy atom. The molecule has 0 aliphatic heterocycles. The van der Waals surface area contributed by atoms with E-state index in [0.717, 1.165) is 5.56 Å². The van der Waals surface area contributed by atoms with E-state index in [4.69, 9.17) is 0 Å². The molecule has 2 aromatic carbocycles. The summed E-state index contributed by atoms with van der Waals surface area (Å²) < 4.78 is 13.2.